The molecule has 29 heavy (non-hydrogen) atoms. The Bertz CT molecular complexity index is 1030. The van der Waals surface area contributed by atoms with Crippen molar-refractivity contribution >= 4 is 21.8 Å². The number of nitrogens with zero attached hydrogens (tertiary/aromatic N) is 1. The molecule has 2 amide bonds. The number of hydrazine groups is 1. The molecular formula is C20H24FN3O4S. The van der Waals surface area contributed by atoms with Crippen LogP contribution < -0.4 is 10.9 Å². The number of sulfonamides is 1. The van der Waals surface area contributed by atoms with Gasteiger partial charge in [0.25, 0.3) is 11.8 Å². The third-order valence-electron chi connectivity index (χ3n) is 4.44. The number of carbonyl (C=O) groups excluding carboxylic acids is 2. The summed E-state index contributed by atoms with van der Waals surface area (Å²) in [5, 5.41) is 0. The van der Waals surface area contributed by atoms with Crippen molar-refractivity contribution in [3.8, 4) is 0 Å². The second kappa shape index (κ2) is 9.15. The monoisotopic (exact) mass is 421 g/mol. The number of aryl methyl sites for hydroxylation is 2. The molecule has 0 spiro atoms. The molecule has 2 N–H and O–H groups in total. The molecule has 0 aliphatic heterocycles. The highest BCUT2D eigenvalue weighted by atomic mass is 32.2. The summed E-state index contributed by atoms with van der Waals surface area (Å²) in [6.07, 6.45) is 0. The van der Waals surface area contributed by atoms with E-state index in [1.165, 1.54) is 4.31 Å². The minimum absolute atomic E-state index is 0.201. The molecule has 9 heteroatoms. The first-order valence-corrected chi connectivity index (χ1v) is 10.5. The molecule has 0 aliphatic rings. The lowest BCUT2D eigenvalue weighted by molar-refractivity contribution is 0.0843. The van der Waals surface area contributed by atoms with Gasteiger partial charge in [-0.1, -0.05) is 31.5 Å². The van der Waals surface area contributed by atoms with E-state index in [0.717, 1.165) is 29.3 Å². The lowest BCUT2D eigenvalue weighted by atomic mass is 10.1. The number of nitrogens with one attached hydrogen (secondary N) is 2. The quantitative estimate of drug-likeness (QED) is 0.701. The number of hydrogen-bond donors (Lipinski definition) is 2. The molecule has 156 valence electrons. The molecule has 0 saturated heterocycles. The maximum Gasteiger partial charge on any atom is 0.272 e. The zero-order chi connectivity index (χ0) is 21.8. The van der Waals surface area contributed by atoms with Gasteiger partial charge in [-0.05, 0) is 43.7 Å². The van der Waals surface area contributed by atoms with Gasteiger partial charge in [0.1, 0.15) is 5.82 Å². The summed E-state index contributed by atoms with van der Waals surface area (Å²) in [5.74, 6) is -2.43. The maximum absolute atomic E-state index is 14.1. The predicted octanol–water partition coefficient (Wildman–Crippen LogP) is 2.55. The summed E-state index contributed by atoms with van der Waals surface area (Å²) in [7, 11) is -3.86. The van der Waals surface area contributed by atoms with Gasteiger partial charge in [0.05, 0.1) is 10.5 Å². The minimum Gasteiger partial charge on any atom is -0.267 e. The molecule has 2 rings (SSSR count). The van der Waals surface area contributed by atoms with Crippen LogP contribution in [0.4, 0.5) is 4.39 Å². The second-order valence-corrected chi connectivity index (χ2v) is 8.40. The van der Waals surface area contributed by atoms with Crippen molar-refractivity contribution in [3.05, 3.63) is 64.5 Å². The predicted molar refractivity (Wildman–Crippen MR) is 107 cm³/mol. The van der Waals surface area contributed by atoms with Crippen LogP contribution in [0.2, 0.25) is 0 Å². The van der Waals surface area contributed by atoms with Gasteiger partial charge in [0.2, 0.25) is 10.0 Å². The summed E-state index contributed by atoms with van der Waals surface area (Å²) >= 11 is 0. The molecule has 2 aromatic rings. The summed E-state index contributed by atoms with van der Waals surface area (Å²) in [6, 6.07) is 8.17. The van der Waals surface area contributed by atoms with E-state index >= 15 is 0 Å². The molecule has 0 radical (unpaired) electrons. The lowest BCUT2D eigenvalue weighted by Gasteiger charge is -2.19. The molecule has 0 aliphatic carbocycles. The molecule has 7 nitrogen and oxygen atoms in total. The number of amides is 2. The van der Waals surface area contributed by atoms with E-state index in [1.54, 1.807) is 32.9 Å². The van der Waals surface area contributed by atoms with Crippen molar-refractivity contribution in [2.24, 2.45) is 0 Å². The van der Waals surface area contributed by atoms with E-state index in [1.807, 2.05) is 13.0 Å². The highest BCUT2D eigenvalue weighted by molar-refractivity contribution is 7.89. The van der Waals surface area contributed by atoms with E-state index in [0.29, 0.717) is 5.56 Å². The Morgan fingerprint density at radius 3 is 2.07 bits per heavy atom. The van der Waals surface area contributed by atoms with Gasteiger partial charge in [0.15, 0.2) is 0 Å². The molecule has 0 heterocycles. The van der Waals surface area contributed by atoms with Crippen LogP contribution in [0.5, 0.6) is 0 Å². The van der Waals surface area contributed by atoms with Crippen molar-refractivity contribution in [1.29, 1.82) is 0 Å². The molecule has 0 unspecified atom stereocenters. The van der Waals surface area contributed by atoms with Crippen LogP contribution in [0.15, 0.2) is 41.3 Å². The number of carbonyl (C=O) groups is 2. The molecule has 0 saturated carbocycles. The van der Waals surface area contributed by atoms with E-state index < -0.39 is 33.2 Å². The number of hydrogen-bond acceptors (Lipinski definition) is 4. The highest BCUT2D eigenvalue weighted by Crippen LogP contribution is 2.19. The SMILES string of the molecule is CCN(CC)S(=O)(=O)c1ccc(F)c(C(=O)NNC(=O)c2ccc(C)cc2C)c1. The summed E-state index contributed by atoms with van der Waals surface area (Å²) in [4.78, 5) is 24.4. The van der Waals surface area contributed by atoms with E-state index in [2.05, 4.69) is 10.9 Å². The maximum atomic E-state index is 14.1. The average Bonchev–Trinajstić information content (AvgIpc) is 2.66. The van der Waals surface area contributed by atoms with Gasteiger partial charge in [-0.3, -0.25) is 20.4 Å². The van der Waals surface area contributed by atoms with E-state index in [-0.39, 0.29) is 18.0 Å². The highest BCUT2D eigenvalue weighted by Gasteiger charge is 2.24. The van der Waals surface area contributed by atoms with Crippen molar-refractivity contribution in [1.82, 2.24) is 15.2 Å². The molecule has 0 fully saturated rings. The van der Waals surface area contributed by atoms with Gasteiger partial charge < -0.3 is 0 Å². The fraction of sp³-hybridized carbons (Fsp3) is 0.300. The van der Waals surface area contributed by atoms with E-state index in [9.17, 15) is 22.4 Å². The number of rotatable bonds is 6. The van der Waals surface area contributed by atoms with Crippen molar-refractivity contribution in [2.45, 2.75) is 32.6 Å². The Morgan fingerprint density at radius 1 is 0.931 bits per heavy atom. The van der Waals surface area contributed by atoms with Crippen molar-refractivity contribution < 1.29 is 22.4 Å². The molecule has 0 aromatic heterocycles. The largest absolute Gasteiger partial charge is 0.272 e. The van der Waals surface area contributed by atoms with Gasteiger partial charge in [-0.2, -0.15) is 4.31 Å². The van der Waals surface area contributed by atoms with Crippen LogP contribution in [-0.2, 0) is 10.0 Å². The molecule has 0 atom stereocenters. The van der Waals surface area contributed by atoms with Crippen molar-refractivity contribution in [2.75, 3.05) is 13.1 Å². The third-order valence-corrected chi connectivity index (χ3v) is 6.49. The van der Waals surface area contributed by atoms with Crippen LogP contribution in [0.3, 0.4) is 0 Å². The van der Waals surface area contributed by atoms with Crippen LogP contribution >= 0.6 is 0 Å². The normalized spacial score (nSPS) is 11.4. The molecule has 2 aromatic carbocycles. The van der Waals surface area contributed by atoms with Crippen molar-refractivity contribution in [3.63, 3.8) is 0 Å². The fourth-order valence-electron chi connectivity index (χ4n) is 2.87. The van der Waals surface area contributed by atoms with E-state index in [4.69, 9.17) is 0 Å². The first kappa shape index (κ1) is 22.5. The van der Waals surface area contributed by atoms with Gasteiger partial charge in [-0.15, -0.1) is 0 Å². The summed E-state index contributed by atoms with van der Waals surface area (Å²) in [6.45, 7) is 7.48. The van der Waals surface area contributed by atoms with Crippen LogP contribution in [0.25, 0.3) is 0 Å². The lowest BCUT2D eigenvalue weighted by Crippen LogP contribution is -2.42. The topological polar surface area (TPSA) is 95.6 Å². The number of halogens is 1. The summed E-state index contributed by atoms with van der Waals surface area (Å²) < 4.78 is 40.5. The second-order valence-electron chi connectivity index (χ2n) is 6.46. The smallest absolute Gasteiger partial charge is 0.267 e. The summed E-state index contributed by atoms with van der Waals surface area (Å²) in [5.41, 5.74) is 5.92. The molecular weight excluding hydrogens is 397 g/mol. The van der Waals surface area contributed by atoms with Crippen LogP contribution in [-0.4, -0.2) is 37.6 Å². The Balaban J connectivity index is 2.22. The molecule has 0 bridgehead atoms. The Kier molecular flexibility index (Phi) is 7.10. The van der Waals surface area contributed by atoms with Gasteiger partial charge in [0, 0.05) is 18.7 Å². The third kappa shape index (κ3) is 4.99. The van der Waals surface area contributed by atoms with Crippen LogP contribution in [0.1, 0.15) is 45.7 Å². The first-order valence-electron chi connectivity index (χ1n) is 9.09. The fourth-order valence-corrected chi connectivity index (χ4v) is 4.35. The van der Waals surface area contributed by atoms with Gasteiger partial charge >= 0.3 is 0 Å². The Labute approximate surface area is 169 Å². The van der Waals surface area contributed by atoms with Crippen LogP contribution in [0, 0.1) is 19.7 Å². The zero-order valence-electron chi connectivity index (χ0n) is 16.7. The average molecular weight is 421 g/mol. The first-order chi connectivity index (χ1) is 13.6. The minimum atomic E-state index is -3.86. The zero-order valence-corrected chi connectivity index (χ0v) is 17.6. The number of benzene rings is 2. The van der Waals surface area contributed by atoms with Gasteiger partial charge in [-0.25, -0.2) is 12.8 Å². The Morgan fingerprint density at radius 2 is 1.52 bits per heavy atom. The Hall–Kier alpha value is -2.78. The standard InChI is InChI=1S/C20H24FN3O4S/c1-5-24(6-2)29(27,28)15-8-10-18(21)17(12-15)20(26)23-22-19(25)16-9-7-13(3)11-14(16)4/h7-12H,5-6H2,1-4H3,(H,22,25)(H,23,26).